The minimum absolute atomic E-state index is 0.0397. The fourth-order valence-corrected chi connectivity index (χ4v) is 2.85. The lowest BCUT2D eigenvalue weighted by Gasteiger charge is -2.12. The number of alkyl halides is 3. The zero-order valence-electron chi connectivity index (χ0n) is 13.1. The molecule has 1 heterocycles. The van der Waals surface area contributed by atoms with Crippen molar-refractivity contribution in [2.24, 2.45) is 5.16 Å². The van der Waals surface area contributed by atoms with Gasteiger partial charge in [-0.15, -0.1) is 0 Å². The maximum Gasteiger partial charge on any atom is 0.440 e. The van der Waals surface area contributed by atoms with Gasteiger partial charge < -0.3 is 9.25 Å². The molecule has 0 N–H and O–H groups in total. The van der Waals surface area contributed by atoms with Crippen molar-refractivity contribution in [3.8, 4) is 0 Å². The molecule has 0 saturated carbocycles. The van der Waals surface area contributed by atoms with Crippen LogP contribution in [-0.2, 0) is 11.4 Å². The minimum atomic E-state index is -4.65. The van der Waals surface area contributed by atoms with E-state index >= 15 is 0 Å². The molecule has 1 aromatic carbocycles. The minimum Gasteiger partial charge on any atom is -0.464 e. The highest BCUT2D eigenvalue weighted by Crippen LogP contribution is 2.23. The summed E-state index contributed by atoms with van der Waals surface area (Å²) >= 11 is 0. The number of oxime groups is 1. The second-order valence-electron chi connectivity index (χ2n) is 6.11. The Bertz CT molecular complexity index is 673. The lowest BCUT2D eigenvalue weighted by Crippen LogP contribution is -2.36. The van der Waals surface area contributed by atoms with Gasteiger partial charge in [-0.05, 0) is 17.7 Å². The van der Waals surface area contributed by atoms with E-state index in [2.05, 4.69) is 5.16 Å². The van der Waals surface area contributed by atoms with Gasteiger partial charge in [0.1, 0.15) is 14.7 Å². The Morgan fingerprint density at radius 2 is 1.74 bits per heavy atom. The maximum atomic E-state index is 13.2. The summed E-state index contributed by atoms with van der Waals surface area (Å²) < 4.78 is 44.9. The van der Waals surface area contributed by atoms with Gasteiger partial charge in [0.2, 0.25) is 5.71 Å². The molecule has 0 bridgehead atoms. The van der Waals surface area contributed by atoms with Crippen LogP contribution in [0, 0.1) is 0 Å². The Morgan fingerprint density at radius 1 is 1.09 bits per heavy atom. The summed E-state index contributed by atoms with van der Waals surface area (Å²) in [7, 11) is -1.83. The van der Waals surface area contributed by atoms with E-state index in [1.54, 1.807) is 30.3 Å². The zero-order chi connectivity index (χ0) is 17.1. The van der Waals surface area contributed by atoms with Gasteiger partial charge in [0.15, 0.2) is 5.76 Å². The number of furan rings is 1. The van der Waals surface area contributed by atoms with Crippen molar-refractivity contribution in [3.05, 3.63) is 53.8 Å². The molecule has 7 heteroatoms. The molecule has 0 aliphatic heterocycles. The zero-order valence-corrected chi connectivity index (χ0v) is 14.1. The van der Waals surface area contributed by atoms with E-state index in [9.17, 15) is 13.2 Å². The Kier molecular flexibility index (Phi) is 4.99. The first-order chi connectivity index (χ1) is 10.7. The average Bonchev–Trinajstić information content (AvgIpc) is 2.92. The summed E-state index contributed by atoms with van der Waals surface area (Å²) in [6.45, 7) is 5.94. The Hall–Kier alpha value is -2.02. The van der Waals surface area contributed by atoms with Crippen molar-refractivity contribution in [2.75, 3.05) is 0 Å². The monoisotopic (exact) mass is 341 g/mol. The fourth-order valence-electron chi connectivity index (χ4n) is 1.85. The molecule has 3 nitrogen and oxygen atoms in total. The molecule has 0 atom stereocenters. The third-order valence-electron chi connectivity index (χ3n) is 3.08. The smallest absolute Gasteiger partial charge is 0.440 e. The van der Waals surface area contributed by atoms with Gasteiger partial charge in [0.05, 0.1) is 5.38 Å². The first-order valence-electron chi connectivity index (χ1n) is 7.09. The van der Waals surface area contributed by atoms with Crippen LogP contribution in [0.4, 0.5) is 13.2 Å². The fraction of sp³-hybridized carbons (Fsp3) is 0.312. The van der Waals surface area contributed by atoms with Crippen LogP contribution in [0.2, 0.25) is 19.6 Å². The molecule has 0 aliphatic carbocycles. The van der Waals surface area contributed by atoms with Gasteiger partial charge in [0, 0.05) is 0 Å². The average molecular weight is 341 g/mol. The van der Waals surface area contributed by atoms with Gasteiger partial charge in [-0.2, -0.15) is 13.2 Å². The molecule has 124 valence electrons. The number of halogens is 3. The van der Waals surface area contributed by atoms with Gasteiger partial charge in [0.25, 0.3) is 0 Å². The van der Waals surface area contributed by atoms with Crippen molar-refractivity contribution in [1.82, 2.24) is 0 Å². The van der Waals surface area contributed by atoms with E-state index in [4.69, 9.17) is 9.25 Å². The number of rotatable bonds is 5. The summed E-state index contributed by atoms with van der Waals surface area (Å²) in [5, 5.41) is 3.86. The van der Waals surface area contributed by atoms with E-state index in [1.165, 1.54) is 6.07 Å². The van der Waals surface area contributed by atoms with E-state index in [0.717, 1.165) is 5.56 Å². The second kappa shape index (κ2) is 6.62. The first kappa shape index (κ1) is 17.3. The van der Waals surface area contributed by atoms with Crippen molar-refractivity contribution in [1.29, 1.82) is 0 Å². The van der Waals surface area contributed by atoms with Gasteiger partial charge in [-0.25, -0.2) is 0 Å². The second-order valence-corrected chi connectivity index (χ2v) is 11.1. The molecule has 0 radical (unpaired) electrons. The molecule has 0 fully saturated rings. The van der Waals surface area contributed by atoms with Crippen LogP contribution in [0.3, 0.4) is 0 Å². The quantitative estimate of drug-likeness (QED) is 0.461. The molecule has 2 aromatic rings. The largest absolute Gasteiger partial charge is 0.464 e. The van der Waals surface area contributed by atoms with E-state index < -0.39 is 20.0 Å². The molecular weight excluding hydrogens is 323 g/mol. The number of hydrogen-bond donors (Lipinski definition) is 0. The summed E-state index contributed by atoms with van der Waals surface area (Å²) in [6, 6.07) is 11.7. The van der Waals surface area contributed by atoms with Crippen LogP contribution < -0.4 is 5.38 Å². The standard InChI is InChI=1S/C16H18F3NO2Si/c1-23(2,3)14-10-9-13(22-14)15(16(17,18)19)20-21-11-12-7-5-4-6-8-12/h4-10H,11H2,1-3H3/b20-15+. The van der Waals surface area contributed by atoms with E-state index in [-0.39, 0.29) is 12.4 Å². The van der Waals surface area contributed by atoms with Crippen molar-refractivity contribution in [2.45, 2.75) is 32.4 Å². The topological polar surface area (TPSA) is 34.7 Å². The van der Waals surface area contributed by atoms with Crippen LogP contribution in [0.1, 0.15) is 11.3 Å². The van der Waals surface area contributed by atoms with Crippen LogP contribution in [-0.4, -0.2) is 20.0 Å². The number of nitrogens with zero attached hydrogens (tertiary/aromatic N) is 1. The van der Waals surface area contributed by atoms with Gasteiger partial charge in [-0.3, -0.25) is 0 Å². The normalized spacial score (nSPS) is 13.2. The summed E-state index contributed by atoms with van der Waals surface area (Å²) in [5.41, 5.74) is -0.419. The SMILES string of the molecule is C[Si](C)(C)c1ccc(/C(=N\OCc2ccccc2)C(F)(F)F)o1. The molecule has 2 rings (SSSR count). The highest BCUT2D eigenvalue weighted by molar-refractivity contribution is 6.87. The lowest BCUT2D eigenvalue weighted by molar-refractivity contribution is -0.0626. The van der Waals surface area contributed by atoms with Gasteiger partial charge >= 0.3 is 6.18 Å². The molecule has 0 spiro atoms. The molecular formula is C16H18F3NO2Si. The Labute approximate surface area is 133 Å². The maximum absolute atomic E-state index is 13.2. The van der Waals surface area contributed by atoms with Crippen molar-refractivity contribution < 1.29 is 22.4 Å². The highest BCUT2D eigenvalue weighted by Gasteiger charge is 2.40. The van der Waals surface area contributed by atoms with Crippen molar-refractivity contribution >= 4 is 19.2 Å². The molecule has 23 heavy (non-hydrogen) atoms. The van der Waals surface area contributed by atoms with Crippen LogP contribution in [0.15, 0.2) is 52.0 Å². The van der Waals surface area contributed by atoms with Crippen LogP contribution in [0.25, 0.3) is 0 Å². The third-order valence-corrected chi connectivity index (χ3v) is 4.82. The lowest BCUT2D eigenvalue weighted by atomic mass is 10.2. The molecule has 0 unspecified atom stereocenters. The summed E-state index contributed by atoms with van der Waals surface area (Å²) in [5.74, 6) is -0.317. The molecule has 0 aliphatic rings. The first-order valence-corrected chi connectivity index (χ1v) is 10.6. The molecule has 0 saturated heterocycles. The van der Waals surface area contributed by atoms with E-state index in [1.807, 2.05) is 25.7 Å². The van der Waals surface area contributed by atoms with E-state index in [0.29, 0.717) is 5.38 Å². The third kappa shape index (κ3) is 4.72. The Balaban J connectivity index is 2.20. The van der Waals surface area contributed by atoms with Crippen LogP contribution in [0.5, 0.6) is 0 Å². The number of benzene rings is 1. The Morgan fingerprint density at radius 3 is 2.26 bits per heavy atom. The van der Waals surface area contributed by atoms with Crippen LogP contribution >= 0.6 is 0 Å². The molecule has 0 amide bonds. The predicted molar refractivity (Wildman–Crippen MR) is 85.5 cm³/mol. The van der Waals surface area contributed by atoms with Gasteiger partial charge in [-0.1, -0.05) is 55.1 Å². The summed E-state index contributed by atoms with van der Waals surface area (Å²) in [6.07, 6.45) is -4.65. The highest BCUT2D eigenvalue weighted by atomic mass is 28.3. The predicted octanol–water partition coefficient (Wildman–Crippen LogP) is 4.31. The number of hydrogen-bond acceptors (Lipinski definition) is 3. The van der Waals surface area contributed by atoms with Crippen molar-refractivity contribution in [3.63, 3.8) is 0 Å². The summed E-state index contributed by atoms with van der Waals surface area (Å²) in [4.78, 5) is 4.88. The molecule has 1 aromatic heterocycles.